The van der Waals surface area contributed by atoms with Crippen LogP contribution in [-0.2, 0) is 11.0 Å². The summed E-state index contributed by atoms with van der Waals surface area (Å²) in [6, 6.07) is 2.98. The third-order valence-electron chi connectivity index (χ3n) is 5.66. The lowest BCUT2D eigenvalue weighted by Gasteiger charge is -2.31. The van der Waals surface area contributed by atoms with Crippen LogP contribution in [0.3, 0.4) is 0 Å². The maximum absolute atomic E-state index is 13.2. The largest absolute Gasteiger partial charge is 0.417 e. The molecule has 1 amide bonds. The number of nitrogens with two attached hydrogens (primary N) is 1. The minimum Gasteiger partial charge on any atom is -0.369 e. The zero-order valence-corrected chi connectivity index (χ0v) is 17.5. The van der Waals surface area contributed by atoms with Crippen molar-refractivity contribution in [3.05, 3.63) is 35.8 Å². The van der Waals surface area contributed by atoms with Crippen molar-refractivity contribution in [2.75, 3.05) is 31.5 Å². The summed E-state index contributed by atoms with van der Waals surface area (Å²) < 4.78 is 39.5. The fourth-order valence-electron chi connectivity index (χ4n) is 3.91. The molecule has 172 valence electrons. The van der Waals surface area contributed by atoms with Crippen molar-refractivity contribution in [2.45, 2.75) is 19.0 Å². The average Bonchev–Trinajstić information content (AvgIpc) is 3.20. The van der Waals surface area contributed by atoms with Crippen molar-refractivity contribution in [2.24, 2.45) is 11.7 Å². The lowest BCUT2D eigenvalue weighted by atomic mass is 9.97. The number of anilines is 1. The lowest BCUT2D eigenvalue weighted by molar-refractivity contribution is -0.137. The molecule has 0 bridgehead atoms. The van der Waals surface area contributed by atoms with Crippen LogP contribution >= 0.6 is 0 Å². The minimum atomic E-state index is -4.54. The van der Waals surface area contributed by atoms with Gasteiger partial charge in [0.05, 0.1) is 29.6 Å². The molecular formula is C21H21F3N8O. The van der Waals surface area contributed by atoms with Crippen molar-refractivity contribution in [3.8, 4) is 17.3 Å². The molecule has 9 nitrogen and oxygen atoms in total. The number of hydrogen-bond donors (Lipinski definition) is 3. The topological polar surface area (TPSA) is 137 Å². The number of nitrogens with one attached hydrogen (secondary N) is 2. The molecule has 33 heavy (non-hydrogen) atoms. The second-order valence-electron chi connectivity index (χ2n) is 7.95. The summed E-state index contributed by atoms with van der Waals surface area (Å²) in [5, 5.41) is 12.9. The number of rotatable bonds is 6. The number of amides is 1. The fourth-order valence-corrected chi connectivity index (χ4v) is 3.91. The van der Waals surface area contributed by atoms with Crippen molar-refractivity contribution in [3.63, 3.8) is 0 Å². The molecular weight excluding hydrogens is 437 g/mol. The summed E-state index contributed by atoms with van der Waals surface area (Å²) in [5.74, 6) is 0.265. The quantitative estimate of drug-likeness (QED) is 0.516. The van der Waals surface area contributed by atoms with E-state index in [4.69, 9.17) is 5.73 Å². The Bertz CT molecular complexity index is 1210. The summed E-state index contributed by atoms with van der Waals surface area (Å²) in [6.45, 7) is 2.36. The Balaban J connectivity index is 1.54. The maximum Gasteiger partial charge on any atom is 0.417 e. The number of carbonyl (C=O) groups excluding carboxylic acids is 1. The summed E-state index contributed by atoms with van der Waals surface area (Å²) in [4.78, 5) is 28.3. The molecule has 3 aromatic heterocycles. The van der Waals surface area contributed by atoms with E-state index in [9.17, 15) is 23.2 Å². The Morgan fingerprint density at radius 3 is 2.73 bits per heavy atom. The van der Waals surface area contributed by atoms with Crippen molar-refractivity contribution >= 4 is 22.9 Å². The first-order chi connectivity index (χ1) is 15.7. The Kier molecular flexibility index (Phi) is 6.15. The molecule has 3 aromatic rings. The van der Waals surface area contributed by atoms with Gasteiger partial charge in [-0.2, -0.15) is 18.4 Å². The molecule has 4 heterocycles. The number of H-pyrrole nitrogens is 1. The number of piperidine rings is 1. The van der Waals surface area contributed by atoms with E-state index in [-0.39, 0.29) is 40.7 Å². The number of likely N-dealkylation sites (tertiary alicyclic amines) is 1. The summed E-state index contributed by atoms with van der Waals surface area (Å²) in [7, 11) is 0. The van der Waals surface area contributed by atoms with Crippen LogP contribution in [0.2, 0.25) is 0 Å². The first-order valence-corrected chi connectivity index (χ1v) is 10.3. The normalized spacial score (nSPS) is 15.5. The van der Waals surface area contributed by atoms with Gasteiger partial charge in [-0.1, -0.05) is 0 Å². The number of pyridine rings is 1. The van der Waals surface area contributed by atoms with Gasteiger partial charge in [0, 0.05) is 29.9 Å². The summed E-state index contributed by atoms with van der Waals surface area (Å²) >= 11 is 0. The van der Waals surface area contributed by atoms with E-state index in [1.54, 1.807) is 0 Å². The van der Waals surface area contributed by atoms with Crippen molar-refractivity contribution in [1.29, 1.82) is 5.26 Å². The third kappa shape index (κ3) is 5.04. The Labute approximate surface area is 186 Å². The van der Waals surface area contributed by atoms with Gasteiger partial charge in [-0.05, 0) is 37.9 Å². The van der Waals surface area contributed by atoms with Crippen molar-refractivity contribution < 1.29 is 18.0 Å². The lowest BCUT2D eigenvalue weighted by Crippen LogP contribution is -2.40. The number of aromatic nitrogens is 4. The number of fused-ring (bicyclic) bond motifs is 1. The van der Waals surface area contributed by atoms with E-state index in [0.717, 1.165) is 38.2 Å². The van der Waals surface area contributed by atoms with Crippen LogP contribution in [0.25, 0.3) is 22.3 Å². The molecule has 0 unspecified atom stereocenters. The van der Waals surface area contributed by atoms with E-state index >= 15 is 0 Å². The predicted molar refractivity (Wildman–Crippen MR) is 114 cm³/mol. The van der Waals surface area contributed by atoms with Gasteiger partial charge < -0.3 is 16.0 Å². The van der Waals surface area contributed by atoms with E-state index < -0.39 is 11.7 Å². The van der Waals surface area contributed by atoms with E-state index in [1.165, 1.54) is 12.4 Å². The number of carbonyl (C=O) groups is 1. The monoisotopic (exact) mass is 458 g/mol. The number of aromatic amines is 1. The Hall–Kier alpha value is -3.72. The molecule has 0 spiro atoms. The van der Waals surface area contributed by atoms with Gasteiger partial charge in [-0.3, -0.25) is 9.69 Å². The predicted octanol–water partition coefficient (Wildman–Crippen LogP) is 2.52. The number of nitriles is 1. The maximum atomic E-state index is 13.2. The molecule has 0 atom stereocenters. The van der Waals surface area contributed by atoms with Gasteiger partial charge in [-0.15, -0.1) is 0 Å². The van der Waals surface area contributed by atoms with Gasteiger partial charge >= 0.3 is 6.18 Å². The molecule has 1 aliphatic heterocycles. The van der Waals surface area contributed by atoms with E-state index in [0.29, 0.717) is 18.0 Å². The van der Waals surface area contributed by atoms with Crippen LogP contribution in [0, 0.1) is 17.2 Å². The van der Waals surface area contributed by atoms with Gasteiger partial charge in [0.1, 0.15) is 11.7 Å². The highest BCUT2D eigenvalue weighted by atomic mass is 19.4. The van der Waals surface area contributed by atoms with E-state index in [1.807, 2.05) is 11.0 Å². The van der Waals surface area contributed by atoms with Gasteiger partial charge in [0.25, 0.3) is 0 Å². The molecule has 1 saturated heterocycles. The second-order valence-corrected chi connectivity index (χ2v) is 7.95. The number of hydrogen-bond acceptors (Lipinski definition) is 7. The molecule has 0 aliphatic carbocycles. The Morgan fingerprint density at radius 1 is 1.30 bits per heavy atom. The molecule has 1 aliphatic rings. The highest BCUT2D eigenvalue weighted by molar-refractivity contribution is 5.94. The van der Waals surface area contributed by atoms with Crippen LogP contribution < -0.4 is 11.1 Å². The molecule has 4 N–H and O–H groups in total. The highest BCUT2D eigenvalue weighted by Crippen LogP contribution is 2.34. The molecule has 4 rings (SSSR count). The first-order valence-electron chi connectivity index (χ1n) is 10.3. The molecule has 1 fully saturated rings. The van der Waals surface area contributed by atoms with Gasteiger partial charge in [0.2, 0.25) is 11.9 Å². The van der Waals surface area contributed by atoms with Crippen LogP contribution in [0.4, 0.5) is 19.1 Å². The third-order valence-corrected chi connectivity index (χ3v) is 5.66. The second kappa shape index (κ2) is 9.03. The molecule has 0 radical (unpaired) electrons. The highest BCUT2D eigenvalue weighted by Gasteiger charge is 2.31. The SMILES string of the molecule is N#Cc1cnc(NCC2CCN(CC(N)=O)CC2)nc1-c1c[nH]c2ncc(C(F)(F)F)cc12. The zero-order chi connectivity index (χ0) is 23.6. The van der Waals surface area contributed by atoms with Crippen LogP contribution in [0.1, 0.15) is 24.0 Å². The number of alkyl halides is 3. The standard InChI is InChI=1S/C21H21F3N8O/c22-21(23,24)14-5-15-16(10-28-19(15)27-9-14)18-13(6-25)8-30-20(31-18)29-7-12-1-3-32(4-2-12)11-17(26)33/h5,8-10,12H,1-4,7,11H2,(H2,26,33)(H,27,28)(H,29,30,31). The average molecular weight is 458 g/mol. The van der Waals surface area contributed by atoms with E-state index in [2.05, 4.69) is 25.3 Å². The number of nitrogens with zero attached hydrogens (tertiary/aromatic N) is 5. The van der Waals surface area contributed by atoms with Gasteiger partial charge in [-0.25, -0.2) is 15.0 Å². The molecule has 0 saturated carbocycles. The minimum absolute atomic E-state index is 0.138. The van der Waals surface area contributed by atoms with Crippen LogP contribution in [0.5, 0.6) is 0 Å². The molecule has 12 heteroatoms. The first kappa shape index (κ1) is 22.5. The van der Waals surface area contributed by atoms with Crippen LogP contribution in [-0.4, -0.2) is 56.9 Å². The molecule has 0 aromatic carbocycles. The van der Waals surface area contributed by atoms with Gasteiger partial charge in [0.15, 0.2) is 0 Å². The fraction of sp³-hybridized carbons (Fsp3) is 0.381. The zero-order valence-electron chi connectivity index (χ0n) is 17.5. The Morgan fingerprint density at radius 2 is 2.06 bits per heavy atom. The van der Waals surface area contributed by atoms with Crippen LogP contribution in [0.15, 0.2) is 24.7 Å². The summed E-state index contributed by atoms with van der Waals surface area (Å²) in [6.07, 6.45) is 0.795. The summed E-state index contributed by atoms with van der Waals surface area (Å²) in [5.41, 5.74) is 5.31. The number of primary amides is 1. The number of halogens is 3. The van der Waals surface area contributed by atoms with Crippen molar-refractivity contribution in [1.82, 2.24) is 24.8 Å². The smallest absolute Gasteiger partial charge is 0.369 e.